The lowest BCUT2D eigenvalue weighted by Gasteiger charge is -2.03. The Morgan fingerprint density at radius 3 is 2.62 bits per heavy atom. The summed E-state index contributed by atoms with van der Waals surface area (Å²) >= 11 is 0. The third-order valence-corrected chi connectivity index (χ3v) is 2.56. The number of aromatic nitrogens is 2. The number of benzene rings is 1. The standard InChI is InChI=1S/C13H7N3/c14-8-12-9-4-1-2-5-10(9)13-11(16-12)6-3-7-15-13/h1-7H. The SMILES string of the molecule is N#Cc1nc2cccnc2c2ccccc12. The van der Waals surface area contributed by atoms with E-state index < -0.39 is 0 Å². The van der Waals surface area contributed by atoms with Crippen molar-refractivity contribution in [1.82, 2.24) is 9.97 Å². The molecule has 0 N–H and O–H groups in total. The van der Waals surface area contributed by atoms with Crippen LogP contribution in [-0.4, -0.2) is 9.97 Å². The Morgan fingerprint density at radius 2 is 1.81 bits per heavy atom. The summed E-state index contributed by atoms with van der Waals surface area (Å²) in [4.78, 5) is 8.61. The summed E-state index contributed by atoms with van der Waals surface area (Å²) in [6.07, 6.45) is 1.74. The minimum absolute atomic E-state index is 0.455. The number of rotatable bonds is 0. The smallest absolute Gasteiger partial charge is 0.149 e. The molecule has 2 heterocycles. The molecule has 0 unspecified atom stereocenters. The van der Waals surface area contributed by atoms with E-state index in [1.807, 2.05) is 36.4 Å². The minimum atomic E-state index is 0.455. The van der Waals surface area contributed by atoms with Gasteiger partial charge in [0.1, 0.15) is 11.8 Å². The highest BCUT2D eigenvalue weighted by Gasteiger charge is 2.07. The van der Waals surface area contributed by atoms with Crippen molar-refractivity contribution in [3.05, 3.63) is 48.3 Å². The number of hydrogen-bond donors (Lipinski definition) is 0. The molecule has 16 heavy (non-hydrogen) atoms. The highest BCUT2D eigenvalue weighted by Crippen LogP contribution is 2.23. The van der Waals surface area contributed by atoms with E-state index in [0.29, 0.717) is 5.69 Å². The largest absolute Gasteiger partial charge is 0.254 e. The Bertz CT molecular complexity index is 726. The van der Waals surface area contributed by atoms with Crippen LogP contribution in [0, 0.1) is 11.3 Å². The first-order chi connectivity index (χ1) is 7.90. The van der Waals surface area contributed by atoms with Crippen LogP contribution in [0.15, 0.2) is 42.6 Å². The molecule has 0 aliphatic heterocycles. The summed E-state index contributed by atoms with van der Waals surface area (Å²) in [5.41, 5.74) is 2.06. The molecule has 1 aromatic carbocycles. The zero-order chi connectivity index (χ0) is 11.0. The second kappa shape index (κ2) is 3.28. The molecule has 0 aliphatic rings. The van der Waals surface area contributed by atoms with Gasteiger partial charge in [-0.1, -0.05) is 24.3 Å². The number of nitrogens with zero attached hydrogens (tertiary/aromatic N) is 3. The number of nitriles is 1. The highest BCUT2D eigenvalue weighted by atomic mass is 14.8. The molecule has 0 atom stereocenters. The van der Waals surface area contributed by atoms with E-state index in [1.54, 1.807) is 6.20 Å². The van der Waals surface area contributed by atoms with Crippen LogP contribution < -0.4 is 0 Å². The van der Waals surface area contributed by atoms with E-state index in [4.69, 9.17) is 5.26 Å². The maximum Gasteiger partial charge on any atom is 0.149 e. The average molecular weight is 205 g/mol. The molecule has 0 aliphatic carbocycles. The lowest BCUT2D eigenvalue weighted by molar-refractivity contribution is 1.32. The molecule has 0 spiro atoms. The number of fused-ring (bicyclic) bond motifs is 3. The van der Waals surface area contributed by atoms with Crippen LogP contribution >= 0.6 is 0 Å². The van der Waals surface area contributed by atoms with Crippen molar-refractivity contribution in [3.8, 4) is 6.07 Å². The zero-order valence-corrected chi connectivity index (χ0v) is 8.38. The Kier molecular flexibility index (Phi) is 1.81. The van der Waals surface area contributed by atoms with Crippen LogP contribution in [0.25, 0.3) is 21.8 Å². The Balaban J connectivity index is 2.64. The Hall–Kier alpha value is -2.47. The normalized spacial score (nSPS) is 10.4. The maximum absolute atomic E-state index is 9.06. The first kappa shape index (κ1) is 8.81. The molecular weight excluding hydrogens is 198 g/mol. The molecule has 3 nitrogen and oxygen atoms in total. The molecule has 74 valence electrons. The summed E-state index contributed by atoms with van der Waals surface area (Å²) in [6, 6.07) is 13.5. The van der Waals surface area contributed by atoms with Gasteiger partial charge in [0.2, 0.25) is 0 Å². The molecule has 3 heteroatoms. The van der Waals surface area contributed by atoms with Crippen LogP contribution in [0.5, 0.6) is 0 Å². The molecule has 0 bridgehead atoms. The van der Waals surface area contributed by atoms with Gasteiger partial charge in [-0.15, -0.1) is 0 Å². The van der Waals surface area contributed by atoms with E-state index in [2.05, 4.69) is 16.0 Å². The van der Waals surface area contributed by atoms with Crippen LogP contribution in [0.2, 0.25) is 0 Å². The number of pyridine rings is 2. The van der Waals surface area contributed by atoms with Gasteiger partial charge in [0, 0.05) is 17.0 Å². The van der Waals surface area contributed by atoms with Gasteiger partial charge in [-0.3, -0.25) is 4.98 Å². The predicted octanol–water partition coefficient (Wildman–Crippen LogP) is 2.65. The van der Waals surface area contributed by atoms with Gasteiger partial charge in [0.15, 0.2) is 0 Å². The Morgan fingerprint density at radius 1 is 1.00 bits per heavy atom. The predicted molar refractivity (Wildman–Crippen MR) is 61.8 cm³/mol. The molecule has 2 aromatic heterocycles. The molecule has 0 saturated heterocycles. The first-order valence-corrected chi connectivity index (χ1v) is 4.94. The minimum Gasteiger partial charge on any atom is -0.254 e. The van der Waals surface area contributed by atoms with E-state index in [0.717, 1.165) is 21.8 Å². The second-order valence-corrected chi connectivity index (χ2v) is 3.49. The van der Waals surface area contributed by atoms with Crippen LogP contribution in [-0.2, 0) is 0 Å². The van der Waals surface area contributed by atoms with Crippen molar-refractivity contribution in [3.63, 3.8) is 0 Å². The third kappa shape index (κ3) is 1.14. The molecule has 0 saturated carbocycles. The van der Waals surface area contributed by atoms with E-state index in [-0.39, 0.29) is 0 Å². The zero-order valence-electron chi connectivity index (χ0n) is 8.38. The van der Waals surface area contributed by atoms with Gasteiger partial charge in [0.25, 0.3) is 0 Å². The highest BCUT2D eigenvalue weighted by molar-refractivity contribution is 6.05. The first-order valence-electron chi connectivity index (χ1n) is 4.94. The van der Waals surface area contributed by atoms with Gasteiger partial charge in [-0.05, 0) is 12.1 Å². The van der Waals surface area contributed by atoms with Crippen molar-refractivity contribution in [2.24, 2.45) is 0 Å². The average Bonchev–Trinajstić information content (AvgIpc) is 2.38. The summed E-state index contributed by atoms with van der Waals surface area (Å²) in [7, 11) is 0. The number of hydrogen-bond acceptors (Lipinski definition) is 3. The summed E-state index contributed by atoms with van der Waals surface area (Å²) < 4.78 is 0. The molecule has 0 radical (unpaired) electrons. The Labute approximate surface area is 92.0 Å². The maximum atomic E-state index is 9.06. The third-order valence-electron chi connectivity index (χ3n) is 2.56. The topological polar surface area (TPSA) is 49.6 Å². The summed E-state index contributed by atoms with van der Waals surface area (Å²) in [5, 5.41) is 10.9. The molecule has 0 amide bonds. The fourth-order valence-electron chi connectivity index (χ4n) is 1.86. The molecule has 3 rings (SSSR count). The van der Waals surface area contributed by atoms with E-state index in [9.17, 15) is 0 Å². The monoisotopic (exact) mass is 205 g/mol. The van der Waals surface area contributed by atoms with Crippen molar-refractivity contribution in [2.45, 2.75) is 0 Å². The molecular formula is C13H7N3. The lowest BCUT2D eigenvalue weighted by Crippen LogP contribution is -1.90. The van der Waals surface area contributed by atoms with Crippen LogP contribution in [0.1, 0.15) is 5.69 Å². The fraction of sp³-hybridized carbons (Fsp3) is 0. The van der Waals surface area contributed by atoms with Gasteiger partial charge in [-0.25, -0.2) is 4.98 Å². The summed E-state index contributed by atoms with van der Waals surface area (Å²) in [6.45, 7) is 0. The van der Waals surface area contributed by atoms with E-state index >= 15 is 0 Å². The lowest BCUT2D eigenvalue weighted by atomic mass is 10.1. The van der Waals surface area contributed by atoms with Crippen molar-refractivity contribution in [1.29, 1.82) is 5.26 Å². The fourth-order valence-corrected chi connectivity index (χ4v) is 1.86. The summed E-state index contributed by atoms with van der Waals surface area (Å²) in [5.74, 6) is 0. The van der Waals surface area contributed by atoms with Crippen molar-refractivity contribution >= 4 is 21.8 Å². The van der Waals surface area contributed by atoms with Gasteiger partial charge in [-0.2, -0.15) is 5.26 Å². The van der Waals surface area contributed by atoms with E-state index in [1.165, 1.54) is 0 Å². The van der Waals surface area contributed by atoms with Gasteiger partial charge in [0.05, 0.1) is 11.0 Å². The van der Waals surface area contributed by atoms with Crippen LogP contribution in [0.3, 0.4) is 0 Å². The second-order valence-electron chi connectivity index (χ2n) is 3.49. The quantitative estimate of drug-likeness (QED) is 0.530. The molecule has 3 aromatic rings. The van der Waals surface area contributed by atoms with Crippen LogP contribution in [0.4, 0.5) is 0 Å². The van der Waals surface area contributed by atoms with Crippen molar-refractivity contribution in [2.75, 3.05) is 0 Å². The van der Waals surface area contributed by atoms with Gasteiger partial charge < -0.3 is 0 Å². The molecule has 0 fully saturated rings. The van der Waals surface area contributed by atoms with Crippen molar-refractivity contribution < 1.29 is 0 Å². The van der Waals surface area contributed by atoms with Gasteiger partial charge >= 0.3 is 0 Å².